The molecule has 0 amide bonds. The van der Waals surface area contributed by atoms with Crippen molar-refractivity contribution in [3.05, 3.63) is 17.5 Å². The van der Waals surface area contributed by atoms with E-state index >= 15 is 0 Å². The first kappa shape index (κ1) is 11.6. The number of piperidine rings is 1. The van der Waals surface area contributed by atoms with Crippen molar-refractivity contribution >= 4 is 0 Å². The van der Waals surface area contributed by atoms with Gasteiger partial charge in [0.1, 0.15) is 0 Å². The highest BCUT2D eigenvalue weighted by atomic mass is 16.3. The van der Waals surface area contributed by atoms with Gasteiger partial charge in [-0.15, -0.1) is 0 Å². The Morgan fingerprint density at radius 2 is 2.19 bits per heavy atom. The number of hydrogen-bond acceptors (Lipinski definition) is 3. The molecular formula is C12H21N3O. The summed E-state index contributed by atoms with van der Waals surface area (Å²) in [5.41, 5.74) is 1.71. The van der Waals surface area contributed by atoms with Crippen molar-refractivity contribution in [3.8, 4) is 0 Å². The van der Waals surface area contributed by atoms with Crippen molar-refractivity contribution in [1.82, 2.24) is 15.1 Å². The monoisotopic (exact) mass is 223 g/mol. The molecule has 0 atom stereocenters. The molecule has 4 nitrogen and oxygen atoms in total. The van der Waals surface area contributed by atoms with Crippen LogP contribution in [0.5, 0.6) is 0 Å². The van der Waals surface area contributed by atoms with Crippen LogP contribution < -0.4 is 5.32 Å². The molecule has 1 saturated heterocycles. The first-order chi connectivity index (χ1) is 7.63. The standard InChI is InChI=1S/C12H21N3O/c1-3-10-8-11(15(2)14-10)9-12(16)4-6-13-7-5-12/h8,13,16H,3-7,9H2,1-2H3. The molecule has 2 rings (SSSR count). The zero-order valence-electron chi connectivity index (χ0n) is 10.2. The van der Waals surface area contributed by atoms with Gasteiger partial charge in [-0.1, -0.05) is 6.92 Å². The Bertz CT molecular complexity index is 353. The number of nitrogens with zero attached hydrogens (tertiary/aromatic N) is 2. The van der Waals surface area contributed by atoms with Crippen molar-refractivity contribution < 1.29 is 5.11 Å². The molecule has 1 aromatic heterocycles. The largest absolute Gasteiger partial charge is 0.389 e. The molecule has 4 heteroatoms. The van der Waals surface area contributed by atoms with E-state index in [0.717, 1.165) is 50.2 Å². The second kappa shape index (κ2) is 4.55. The third-order valence-corrected chi connectivity index (χ3v) is 3.43. The summed E-state index contributed by atoms with van der Waals surface area (Å²) in [6.45, 7) is 3.93. The average Bonchev–Trinajstić information content (AvgIpc) is 2.60. The van der Waals surface area contributed by atoms with Gasteiger partial charge in [-0.05, 0) is 38.4 Å². The Morgan fingerprint density at radius 1 is 1.50 bits per heavy atom. The van der Waals surface area contributed by atoms with E-state index in [9.17, 15) is 5.11 Å². The van der Waals surface area contributed by atoms with Crippen LogP contribution in [0.4, 0.5) is 0 Å². The van der Waals surface area contributed by atoms with Gasteiger partial charge in [0.05, 0.1) is 11.3 Å². The number of nitrogens with one attached hydrogen (secondary N) is 1. The zero-order valence-corrected chi connectivity index (χ0v) is 10.2. The van der Waals surface area contributed by atoms with E-state index in [-0.39, 0.29) is 0 Å². The normalized spacial score (nSPS) is 19.9. The fraction of sp³-hybridized carbons (Fsp3) is 0.750. The lowest BCUT2D eigenvalue weighted by Crippen LogP contribution is -2.43. The van der Waals surface area contributed by atoms with Crippen molar-refractivity contribution in [1.29, 1.82) is 0 Å². The highest BCUT2D eigenvalue weighted by Crippen LogP contribution is 2.23. The maximum Gasteiger partial charge on any atom is 0.0727 e. The molecule has 0 bridgehead atoms. The Kier molecular flexibility index (Phi) is 3.30. The summed E-state index contributed by atoms with van der Waals surface area (Å²) in [5.74, 6) is 0. The third kappa shape index (κ3) is 2.44. The molecule has 16 heavy (non-hydrogen) atoms. The highest BCUT2D eigenvalue weighted by Gasteiger charge is 2.30. The van der Waals surface area contributed by atoms with E-state index in [1.807, 2.05) is 11.7 Å². The molecular weight excluding hydrogens is 202 g/mol. The molecule has 2 N–H and O–H groups in total. The summed E-state index contributed by atoms with van der Waals surface area (Å²) < 4.78 is 1.90. The molecule has 1 aliphatic rings. The van der Waals surface area contributed by atoms with Crippen LogP contribution in [-0.4, -0.2) is 33.6 Å². The molecule has 0 saturated carbocycles. The summed E-state index contributed by atoms with van der Waals surface area (Å²) in [5, 5.41) is 18.1. The number of rotatable bonds is 3. The topological polar surface area (TPSA) is 50.1 Å². The number of aryl methyl sites for hydroxylation is 2. The van der Waals surface area contributed by atoms with Crippen molar-refractivity contribution in [3.63, 3.8) is 0 Å². The fourth-order valence-electron chi connectivity index (χ4n) is 2.32. The van der Waals surface area contributed by atoms with Gasteiger partial charge in [-0.3, -0.25) is 4.68 Å². The molecule has 1 aliphatic heterocycles. The van der Waals surface area contributed by atoms with Crippen LogP contribution in [0.15, 0.2) is 6.07 Å². The Hall–Kier alpha value is -0.870. The average molecular weight is 223 g/mol. The molecule has 1 fully saturated rings. The van der Waals surface area contributed by atoms with Gasteiger partial charge in [0.2, 0.25) is 0 Å². The molecule has 0 spiro atoms. The highest BCUT2D eigenvalue weighted by molar-refractivity contribution is 5.13. The molecule has 90 valence electrons. The van der Waals surface area contributed by atoms with E-state index in [1.165, 1.54) is 0 Å². The Balaban J connectivity index is 2.09. The first-order valence-electron chi connectivity index (χ1n) is 6.08. The van der Waals surface area contributed by atoms with Crippen molar-refractivity contribution in [2.75, 3.05) is 13.1 Å². The van der Waals surface area contributed by atoms with Crippen LogP contribution in [-0.2, 0) is 19.9 Å². The van der Waals surface area contributed by atoms with E-state index in [1.54, 1.807) is 0 Å². The lowest BCUT2D eigenvalue weighted by Gasteiger charge is -2.32. The number of hydrogen-bond donors (Lipinski definition) is 2. The van der Waals surface area contributed by atoms with Gasteiger partial charge in [0, 0.05) is 19.2 Å². The number of aromatic nitrogens is 2. The van der Waals surface area contributed by atoms with Crippen LogP contribution >= 0.6 is 0 Å². The minimum absolute atomic E-state index is 0.538. The quantitative estimate of drug-likeness (QED) is 0.790. The third-order valence-electron chi connectivity index (χ3n) is 3.43. The van der Waals surface area contributed by atoms with Gasteiger partial charge in [0.25, 0.3) is 0 Å². The summed E-state index contributed by atoms with van der Waals surface area (Å²) in [6, 6.07) is 2.11. The summed E-state index contributed by atoms with van der Waals surface area (Å²) in [4.78, 5) is 0. The maximum absolute atomic E-state index is 10.4. The van der Waals surface area contributed by atoms with E-state index in [2.05, 4.69) is 23.4 Å². The van der Waals surface area contributed by atoms with Crippen molar-refractivity contribution in [2.24, 2.45) is 7.05 Å². The van der Waals surface area contributed by atoms with Crippen LogP contribution in [0, 0.1) is 0 Å². The van der Waals surface area contributed by atoms with Crippen molar-refractivity contribution in [2.45, 2.75) is 38.2 Å². The van der Waals surface area contributed by atoms with Crippen LogP contribution in [0.25, 0.3) is 0 Å². The Morgan fingerprint density at radius 3 is 2.75 bits per heavy atom. The molecule has 0 aliphatic carbocycles. The predicted molar refractivity (Wildman–Crippen MR) is 63.3 cm³/mol. The fourth-order valence-corrected chi connectivity index (χ4v) is 2.32. The van der Waals surface area contributed by atoms with Crippen LogP contribution in [0.2, 0.25) is 0 Å². The maximum atomic E-state index is 10.4. The lowest BCUT2D eigenvalue weighted by atomic mass is 9.88. The predicted octanol–water partition coefficient (Wildman–Crippen LogP) is 0.639. The minimum Gasteiger partial charge on any atom is -0.389 e. The number of aliphatic hydroxyl groups is 1. The van der Waals surface area contributed by atoms with Gasteiger partial charge >= 0.3 is 0 Å². The second-order valence-electron chi connectivity index (χ2n) is 4.76. The van der Waals surface area contributed by atoms with Crippen LogP contribution in [0.3, 0.4) is 0 Å². The van der Waals surface area contributed by atoms with Gasteiger partial charge < -0.3 is 10.4 Å². The summed E-state index contributed by atoms with van der Waals surface area (Å²) >= 11 is 0. The SMILES string of the molecule is CCc1cc(CC2(O)CCNCC2)n(C)n1. The summed E-state index contributed by atoms with van der Waals surface area (Å²) in [6.07, 6.45) is 3.34. The zero-order chi connectivity index (χ0) is 11.6. The van der Waals surface area contributed by atoms with E-state index in [4.69, 9.17) is 0 Å². The van der Waals surface area contributed by atoms with E-state index in [0.29, 0.717) is 0 Å². The van der Waals surface area contributed by atoms with Gasteiger partial charge in [0.15, 0.2) is 0 Å². The molecule has 0 aromatic carbocycles. The second-order valence-corrected chi connectivity index (χ2v) is 4.76. The van der Waals surface area contributed by atoms with Crippen LogP contribution in [0.1, 0.15) is 31.2 Å². The Labute approximate surface area is 96.7 Å². The first-order valence-corrected chi connectivity index (χ1v) is 6.08. The van der Waals surface area contributed by atoms with E-state index < -0.39 is 5.60 Å². The lowest BCUT2D eigenvalue weighted by molar-refractivity contribution is 0.00926. The molecule has 2 heterocycles. The molecule has 1 aromatic rings. The smallest absolute Gasteiger partial charge is 0.0727 e. The van der Waals surface area contributed by atoms with Gasteiger partial charge in [-0.2, -0.15) is 5.10 Å². The minimum atomic E-state index is -0.538. The van der Waals surface area contributed by atoms with Gasteiger partial charge in [-0.25, -0.2) is 0 Å². The molecule has 0 unspecified atom stereocenters. The summed E-state index contributed by atoms with van der Waals surface area (Å²) in [7, 11) is 1.96. The molecule has 0 radical (unpaired) electrons.